The second-order valence-electron chi connectivity index (χ2n) is 6.10. The summed E-state index contributed by atoms with van der Waals surface area (Å²) in [4.78, 5) is 0. The van der Waals surface area contributed by atoms with E-state index in [0.29, 0.717) is 12.4 Å². The molecule has 1 aliphatic rings. The largest absolute Gasteiger partial charge is 0.508 e. The van der Waals surface area contributed by atoms with E-state index in [1.807, 2.05) is 42.5 Å². The number of aromatic hydroxyl groups is 2. The van der Waals surface area contributed by atoms with Gasteiger partial charge in [-0.15, -0.1) is 0 Å². The van der Waals surface area contributed by atoms with E-state index in [4.69, 9.17) is 9.47 Å². The number of benzene rings is 3. The van der Waals surface area contributed by atoms with Gasteiger partial charge in [-0.05, 0) is 53.1 Å². The predicted molar refractivity (Wildman–Crippen MR) is 101 cm³/mol. The van der Waals surface area contributed by atoms with Crippen molar-refractivity contribution in [3.63, 3.8) is 0 Å². The van der Waals surface area contributed by atoms with Crippen molar-refractivity contribution in [3.8, 4) is 23.0 Å². The summed E-state index contributed by atoms with van der Waals surface area (Å²) in [5.74, 6) is 1.80. The van der Waals surface area contributed by atoms with Gasteiger partial charge in [-0.1, -0.05) is 24.3 Å². The molecule has 130 valence electrons. The molecule has 1 aliphatic heterocycles. The minimum Gasteiger partial charge on any atom is -0.508 e. The summed E-state index contributed by atoms with van der Waals surface area (Å²) in [6, 6.07) is 20.1. The number of methoxy groups -OCH3 is 1. The van der Waals surface area contributed by atoms with Gasteiger partial charge in [0.2, 0.25) is 0 Å². The Kier molecular flexibility index (Phi) is 4.01. The molecular formula is C22H18O4. The van der Waals surface area contributed by atoms with E-state index in [9.17, 15) is 10.2 Å². The first-order chi connectivity index (χ1) is 12.7. The number of fused-ring (bicyclic) bond motifs is 1. The lowest BCUT2D eigenvalue weighted by atomic mass is 9.87. The molecule has 1 heterocycles. The molecule has 0 saturated carbocycles. The van der Waals surface area contributed by atoms with Crippen LogP contribution in [0.15, 0.2) is 66.7 Å². The number of ether oxygens (including phenoxy) is 2. The quantitative estimate of drug-likeness (QED) is 0.735. The maximum Gasteiger partial charge on any atom is 0.131 e. The van der Waals surface area contributed by atoms with E-state index in [1.165, 1.54) is 0 Å². The van der Waals surface area contributed by atoms with Crippen LogP contribution in [0, 0.1) is 0 Å². The number of rotatable bonds is 3. The molecule has 0 atom stereocenters. The third kappa shape index (κ3) is 2.86. The van der Waals surface area contributed by atoms with Gasteiger partial charge in [0.15, 0.2) is 0 Å². The number of phenols is 2. The van der Waals surface area contributed by atoms with Gasteiger partial charge in [0.25, 0.3) is 0 Å². The van der Waals surface area contributed by atoms with Crippen LogP contribution in [0.2, 0.25) is 0 Å². The number of hydrogen-bond donors (Lipinski definition) is 2. The Labute approximate surface area is 151 Å². The molecular weight excluding hydrogens is 328 g/mol. The van der Waals surface area contributed by atoms with Crippen LogP contribution < -0.4 is 9.47 Å². The smallest absolute Gasteiger partial charge is 0.131 e. The second-order valence-corrected chi connectivity index (χ2v) is 6.10. The predicted octanol–water partition coefficient (Wildman–Crippen LogP) is 4.46. The van der Waals surface area contributed by atoms with E-state index < -0.39 is 0 Å². The molecule has 0 unspecified atom stereocenters. The first-order valence-electron chi connectivity index (χ1n) is 8.29. The minimum absolute atomic E-state index is 0.168. The van der Waals surface area contributed by atoms with Gasteiger partial charge < -0.3 is 19.7 Å². The van der Waals surface area contributed by atoms with E-state index in [2.05, 4.69) is 0 Å². The zero-order chi connectivity index (χ0) is 18.1. The van der Waals surface area contributed by atoms with Gasteiger partial charge in [0.05, 0.1) is 7.11 Å². The molecule has 0 saturated heterocycles. The third-order valence-electron chi connectivity index (χ3n) is 4.48. The van der Waals surface area contributed by atoms with Crippen molar-refractivity contribution in [2.75, 3.05) is 13.7 Å². The Morgan fingerprint density at radius 1 is 0.846 bits per heavy atom. The lowest BCUT2D eigenvalue weighted by Gasteiger charge is -2.25. The number of phenolic OH excluding ortho intramolecular Hbond substituents is 2. The summed E-state index contributed by atoms with van der Waals surface area (Å²) in [6.07, 6.45) is 0. The Bertz CT molecular complexity index is 987. The van der Waals surface area contributed by atoms with Crippen molar-refractivity contribution < 1.29 is 19.7 Å². The van der Waals surface area contributed by atoms with Crippen LogP contribution in [-0.4, -0.2) is 23.9 Å². The monoisotopic (exact) mass is 346 g/mol. The molecule has 0 radical (unpaired) electrons. The molecule has 0 aromatic heterocycles. The average Bonchev–Trinajstić information content (AvgIpc) is 2.67. The maximum atomic E-state index is 9.80. The SMILES string of the molecule is COc1cccc(C2=C(c3ccc(O)cc3)COc3cc(O)ccc32)c1. The molecule has 0 bridgehead atoms. The van der Waals surface area contributed by atoms with Gasteiger partial charge in [0, 0.05) is 17.2 Å². The highest BCUT2D eigenvalue weighted by atomic mass is 16.5. The zero-order valence-corrected chi connectivity index (χ0v) is 14.3. The Balaban J connectivity index is 1.97. The summed E-state index contributed by atoms with van der Waals surface area (Å²) < 4.78 is 11.3. The zero-order valence-electron chi connectivity index (χ0n) is 14.3. The summed E-state index contributed by atoms with van der Waals surface area (Å²) in [5.41, 5.74) is 4.92. The average molecular weight is 346 g/mol. The Morgan fingerprint density at radius 3 is 2.38 bits per heavy atom. The molecule has 26 heavy (non-hydrogen) atoms. The van der Waals surface area contributed by atoms with Crippen molar-refractivity contribution in [1.29, 1.82) is 0 Å². The van der Waals surface area contributed by atoms with Crippen LogP contribution in [0.25, 0.3) is 11.1 Å². The summed E-state index contributed by atoms with van der Waals surface area (Å²) in [5, 5.41) is 19.4. The lowest BCUT2D eigenvalue weighted by molar-refractivity contribution is 0.361. The van der Waals surface area contributed by atoms with E-state index >= 15 is 0 Å². The van der Waals surface area contributed by atoms with Crippen molar-refractivity contribution in [2.24, 2.45) is 0 Å². The normalized spacial score (nSPS) is 13.1. The van der Waals surface area contributed by atoms with Crippen molar-refractivity contribution in [1.82, 2.24) is 0 Å². The van der Waals surface area contributed by atoms with Gasteiger partial charge in [-0.3, -0.25) is 0 Å². The van der Waals surface area contributed by atoms with Gasteiger partial charge in [-0.2, -0.15) is 0 Å². The molecule has 3 aromatic rings. The van der Waals surface area contributed by atoms with Crippen LogP contribution in [-0.2, 0) is 0 Å². The summed E-state index contributed by atoms with van der Waals surface area (Å²) in [7, 11) is 1.64. The Morgan fingerprint density at radius 2 is 1.62 bits per heavy atom. The molecule has 2 N–H and O–H groups in total. The molecule has 3 aromatic carbocycles. The van der Waals surface area contributed by atoms with Gasteiger partial charge >= 0.3 is 0 Å². The van der Waals surface area contributed by atoms with E-state index in [1.54, 1.807) is 31.4 Å². The van der Waals surface area contributed by atoms with E-state index in [0.717, 1.165) is 33.6 Å². The van der Waals surface area contributed by atoms with Crippen molar-refractivity contribution >= 4 is 11.1 Å². The van der Waals surface area contributed by atoms with Gasteiger partial charge in [0.1, 0.15) is 29.6 Å². The molecule has 0 aliphatic carbocycles. The van der Waals surface area contributed by atoms with Crippen molar-refractivity contribution in [3.05, 3.63) is 83.4 Å². The molecule has 4 heteroatoms. The minimum atomic E-state index is 0.168. The standard InChI is InChI=1S/C22H18O4/c1-25-18-4-2-3-15(11-18)22-19-10-9-17(24)12-21(19)26-13-20(22)14-5-7-16(23)8-6-14/h2-12,23-24H,13H2,1H3. The lowest BCUT2D eigenvalue weighted by Crippen LogP contribution is -2.11. The fraction of sp³-hybridized carbons (Fsp3) is 0.0909. The molecule has 4 nitrogen and oxygen atoms in total. The second kappa shape index (κ2) is 6.48. The highest BCUT2D eigenvalue weighted by molar-refractivity contribution is 6.01. The molecule has 4 rings (SSSR count). The first kappa shape index (κ1) is 16.1. The van der Waals surface area contributed by atoms with Gasteiger partial charge in [-0.25, -0.2) is 0 Å². The van der Waals surface area contributed by atoms with Crippen LogP contribution in [0.4, 0.5) is 0 Å². The molecule has 0 fully saturated rings. The van der Waals surface area contributed by atoms with Crippen LogP contribution in [0.3, 0.4) is 0 Å². The topological polar surface area (TPSA) is 58.9 Å². The van der Waals surface area contributed by atoms with Crippen LogP contribution >= 0.6 is 0 Å². The first-order valence-corrected chi connectivity index (χ1v) is 8.29. The Hall–Kier alpha value is -3.40. The van der Waals surface area contributed by atoms with E-state index in [-0.39, 0.29) is 11.5 Å². The van der Waals surface area contributed by atoms with Crippen LogP contribution in [0.1, 0.15) is 16.7 Å². The summed E-state index contributed by atoms with van der Waals surface area (Å²) >= 11 is 0. The number of hydrogen-bond acceptors (Lipinski definition) is 4. The third-order valence-corrected chi connectivity index (χ3v) is 4.48. The molecule has 0 spiro atoms. The van der Waals surface area contributed by atoms with Crippen molar-refractivity contribution in [2.45, 2.75) is 0 Å². The molecule has 0 amide bonds. The fourth-order valence-electron chi connectivity index (χ4n) is 3.22. The highest BCUT2D eigenvalue weighted by Crippen LogP contribution is 2.42. The maximum absolute atomic E-state index is 9.80. The summed E-state index contributed by atoms with van der Waals surface area (Å²) in [6.45, 7) is 0.369. The fourth-order valence-corrected chi connectivity index (χ4v) is 3.22. The highest BCUT2D eigenvalue weighted by Gasteiger charge is 2.23. The van der Waals surface area contributed by atoms with Crippen LogP contribution in [0.5, 0.6) is 23.0 Å².